The molecule has 0 aliphatic rings. The van der Waals surface area contributed by atoms with Crippen molar-refractivity contribution in [3.05, 3.63) is 34.5 Å². The van der Waals surface area contributed by atoms with E-state index in [1.165, 1.54) is 40.3 Å². The van der Waals surface area contributed by atoms with E-state index >= 15 is 0 Å². The lowest BCUT2D eigenvalue weighted by Gasteiger charge is -1.97. The highest BCUT2D eigenvalue weighted by molar-refractivity contribution is 7.21. The van der Waals surface area contributed by atoms with E-state index in [0.29, 0.717) is 0 Å². The summed E-state index contributed by atoms with van der Waals surface area (Å²) < 4.78 is 0. The van der Waals surface area contributed by atoms with Gasteiger partial charge in [-0.25, -0.2) is 0 Å². The minimum atomic E-state index is 0.807. The molecule has 0 N–H and O–H groups in total. The van der Waals surface area contributed by atoms with Gasteiger partial charge in [0.05, 0.1) is 0 Å². The van der Waals surface area contributed by atoms with Crippen molar-refractivity contribution in [3.8, 4) is 9.75 Å². The van der Waals surface area contributed by atoms with Crippen LogP contribution in [0.5, 0.6) is 0 Å². The summed E-state index contributed by atoms with van der Waals surface area (Å²) in [6.07, 6.45) is 6.25. The number of unbranched alkanes of at least 4 members (excludes halogenated alkanes) is 3. The van der Waals surface area contributed by atoms with Crippen LogP contribution in [0.25, 0.3) is 9.75 Å². The Morgan fingerprint density at radius 3 is 2.59 bits per heavy atom. The van der Waals surface area contributed by atoms with E-state index in [1.807, 2.05) is 22.7 Å². The monoisotopic (exact) mass is 284 g/mol. The second-order valence-corrected chi connectivity index (χ2v) is 6.59. The maximum atomic E-state index is 5.66. The summed E-state index contributed by atoms with van der Waals surface area (Å²) >= 11 is 9.42. The number of alkyl halides is 1. The van der Waals surface area contributed by atoms with Gasteiger partial charge >= 0.3 is 0 Å². The van der Waals surface area contributed by atoms with Crippen molar-refractivity contribution < 1.29 is 0 Å². The molecule has 3 heteroatoms. The van der Waals surface area contributed by atoms with Crippen molar-refractivity contribution >= 4 is 34.3 Å². The molecule has 0 fully saturated rings. The lowest BCUT2D eigenvalue weighted by molar-refractivity contribution is 0.672. The summed E-state index contributed by atoms with van der Waals surface area (Å²) in [5.41, 5.74) is 0. The van der Waals surface area contributed by atoms with Crippen LogP contribution in [0.4, 0.5) is 0 Å². The predicted molar refractivity (Wildman–Crippen MR) is 80.5 cm³/mol. The summed E-state index contributed by atoms with van der Waals surface area (Å²) in [4.78, 5) is 4.32. The molecule has 0 saturated heterocycles. The minimum Gasteiger partial charge on any atom is -0.143 e. The van der Waals surface area contributed by atoms with Gasteiger partial charge in [0.25, 0.3) is 0 Å². The third-order valence-corrected chi connectivity index (χ3v) is 5.21. The first-order chi connectivity index (χ1) is 8.40. The largest absolute Gasteiger partial charge is 0.143 e. The smallest absolute Gasteiger partial charge is 0.0445 e. The average Bonchev–Trinajstić information content (AvgIpc) is 2.99. The first-order valence-electron chi connectivity index (χ1n) is 6.08. The number of hydrogen-bond acceptors (Lipinski definition) is 2. The van der Waals surface area contributed by atoms with E-state index in [-0.39, 0.29) is 0 Å². The van der Waals surface area contributed by atoms with Gasteiger partial charge in [0.1, 0.15) is 0 Å². The zero-order chi connectivity index (χ0) is 11.9. The summed E-state index contributed by atoms with van der Waals surface area (Å²) in [6, 6.07) is 8.85. The van der Waals surface area contributed by atoms with E-state index in [1.54, 1.807) is 0 Å². The summed E-state index contributed by atoms with van der Waals surface area (Å²) in [7, 11) is 0. The van der Waals surface area contributed by atoms with Crippen LogP contribution in [-0.4, -0.2) is 5.88 Å². The third-order valence-electron chi connectivity index (χ3n) is 2.73. The molecule has 2 heterocycles. The van der Waals surface area contributed by atoms with Gasteiger partial charge in [0, 0.05) is 20.5 Å². The molecule has 2 aromatic rings. The Bertz CT molecular complexity index is 417. The Morgan fingerprint density at radius 1 is 0.941 bits per heavy atom. The lowest BCUT2D eigenvalue weighted by Crippen LogP contribution is -1.82. The van der Waals surface area contributed by atoms with Crippen molar-refractivity contribution in [1.82, 2.24) is 0 Å². The molecule has 0 aliphatic heterocycles. The van der Waals surface area contributed by atoms with Crippen LogP contribution in [0, 0.1) is 0 Å². The SMILES string of the molecule is ClCCCCCCc1ccc(-c2cccs2)s1. The number of rotatable bonds is 7. The molecular weight excluding hydrogens is 268 g/mol. The van der Waals surface area contributed by atoms with Crippen LogP contribution in [0.2, 0.25) is 0 Å². The van der Waals surface area contributed by atoms with Crippen molar-refractivity contribution in [2.45, 2.75) is 32.1 Å². The highest BCUT2D eigenvalue weighted by Gasteiger charge is 2.03. The molecule has 0 radical (unpaired) electrons. The van der Waals surface area contributed by atoms with Crippen molar-refractivity contribution in [3.63, 3.8) is 0 Å². The Morgan fingerprint density at radius 2 is 1.82 bits per heavy atom. The topological polar surface area (TPSA) is 0 Å². The molecule has 0 amide bonds. The Balaban J connectivity index is 1.79. The quantitative estimate of drug-likeness (QED) is 0.444. The average molecular weight is 285 g/mol. The third kappa shape index (κ3) is 4.13. The molecule has 92 valence electrons. The second kappa shape index (κ2) is 7.20. The van der Waals surface area contributed by atoms with Crippen LogP contribution in [0.3, 0.4) is 0 Å². The van der Waals surface area contributed by atoms with Gasteiger partial charge in [-0.2, -0.15) is 0 Å². The minimum absolute atomic E-state index is 0.807. The maximum absolute atomic E-state index is 5.66. The molecule has 0 unspecified atom stereocenters. The van der Waals surface area contributed by atoms with Crippen LogP contribution < -0.4 is 0 Å². The number of thiophene rings is 2. The Labute approximate surface area is 116 Å². The lowest BCUT2D eigenvalue weighted by atomic mass is 10.1. The first kappa shape index (κ1) is 13.1. The van der Waals surface area contributed by atoms with Gasteiger partial charge in [0.15, 0.2) is 0 Å². The fourth-order valence-electron chi connectivity index (χ4n) is 1.81. The summed E-state index contributed by atoms with van der Waals surface area (Å²) in [5, 5.41) is 2.14. The second-order valence-electron chi connectivity index (χ2n) is 4.10. The Hall–Kier alpha value is -0.310. The van der Waals surface area contributed by atoms with E-state index in [0.717, 1.165) is 12.3 Å². The molecule has 0 aromatic carbocycles. The van der Waals surface area contributed by atoms with Gasteiger partial charge < -0.3 is 0 Å². The first-order valence-corrected chi connectivity index (χ1v) is 8.32. The molecule has 2 rings (SSSR count). The maximum Gasteiger partial charge on any atom is 0.0445 e. The molecule has 0 nitrogen and oxygen atoms in total. The summed E-state index contributed by atoms with van der Waals surface area (Å²) in [5.74, 6) is 0.807. The molecular formula is C14H17ClS2. The van der Waals surface area contributed by atoms with Gasteiger partial charge in [0.2, 0.25) is 0 Å². The normalized spacial score (nSPS) is 10.9. The van der Waals surface area contributed by atoms with Crippen LogP contribution >= 0.6 is 34.3 Å². The van der Waals surface area contributed by atoms with Gasteiger partial charge in [-0.15, -0.1) is 34.3 Å². The van der Waals surface area contributed by atoms with Crippen LogP contribution in [0.15, 0.2) is 29.6 Å². The Kier molecular flexibility index (Phi) is 5.56. The van der Waals surface area contributed by atoms with Crippen molar-refractivity contribution in [2.75, 3.05) is 5.88 Å². The van der Waals surface area contributed by atoms with Gasteiger partial charge in [-0.3, -0.25) is 0 Å². The van der Waals surface area contributed by atoms with Gasteiger partial charge in [-0.05, 0) is 42.8 Å². The van der Waals surface area contributed by atoms with Crippen LogP contribution in [0.1, 0.15) is 30.6 Å². The zero-order valence-corrected chi connectivity index (χ0v) is 12.2. The number of halogens is 1. The fraction of sp³-hybridized carbons (Fsp3) is 0.429. The van der Waals surface area contributed by atoms with Crippen molar-refractivity contribution in [2.24, 2.45) is 0 Å². The van der Waals surface area contributed by atoms with Crippen LogP contribution in [-0.2, 0) is 6.42 Å². The zero-order valence-electron chi connectivity index (χ0n) is 9.82. The van der Waals surface area contributed by atoms with E-state index < -0.39 is 0 Å². The highest BCUT2D eigenvalue weighted by atomic mass is 35.5. The molecule has 0 aliphatic carbocycles. The van der Waals surface area contributed by atoms with E-state index in [9.17, 15) is 0 Å². The molecule has 0 saturated carbocycles. The molecule has 0 bridgehead atoms. The molecule has 17 heavy (non-hydrogen) atoms. The predicted octanol–water partition coefficient (Wildman–Crippen LogP) is 5.82. The summed E-state index contributed by atoms with van der Waals surface area (Å²) in [6.45, 7) is 0. The number of aryl methyl sites for hydroxylation is 1. The van der Waals surface area contributed by atoms with E-state index in [2.05, 4.69) is 29.6 Å². The number of hydrogen-bond donors (Lipinski definition) is 0. The standard InChI is InChI=1S/C14H17ClS2/c15-10-4-2-1-3-6-12-8-9-14(17-12)13-7-5-11-16-13/h5,7-9,11H,1-4,6,10H2. The van der Waals surface area contributed by atoms with E-state index in [4.69, 9.17) is 11.6 Å². The molecule has 0 atom stereocenters. The highest BCUT2D eigenvalue weighted by Crippen LogP contribution is 2.32. The van der Waals surface area contributed by atoms with Crippen molar-refractivity contribution in [1.29, 1.82) is 0 Å². The van der Waals surface area contributed by atoms with Gasteiger partial charge in [-0.1, -0.05) is 18.9 Å². The molecule has 0 spiro atoms. The fourth-order valence-corrected chi connectivity index (χ4v) is 3.88. The molecule has 2 aromatic heterocycles.